The van der Waals surface area contributed by atoms with Crippen LogP contribution in [-0.2, 0) is 25.7 Å². The van der Waals surface area contributed by atoms with Gasteiger partial charge in [0.25, 0.3) is 0 Å². The standard InChI is InChI=1S/C27H34N6O4/c1-20(34)29-22-7-9-23(10-8-22)30-25(35)17-24-27(37)28-11-12-33(24)26(36)19-32-15-13-31(14-16-32)18-21-5-3-2-4-6-21/h2-10,24H,11-19H2,1H3,(H,28,37)(H,29,34)(H,30,35)/t24-/m0/s1. The van der Waals surface area contributed by atoms with E-state index in [2.05, 4.69) is 37.9 Å². The number of carbonyl (C=O) groups is 4. The Morgan fingerprint density at radius 1 is 0.865 bits per heavy atom. The Balaban J connectivity index is 1.28. The lowest BCUT2D eigenvalue weighted by molar-refractivity contribution is -0.145. The van der Waals surface area contributed by atoms with E-state index in [9.17, 15) is 19.2 Å². The Labute approximate surface area is 217 Å². The van der Waals surface area contributed by atoms with Crippen molar-refractivity contribution in [2.75, 3.05) is 56.4 Å². The molecule has 2 aliphatic rings. The normalized spacial score (nSPS) is 18.7. The second-order valence-electron chi connectivity index (χ2n) is 9.44. The summed E-state index contributed by atoms with van der Waals surface area (Å²) in [4.78, 5) is 55.7. The minimum atomic E-state index is -0.848. The van der Waals surface area contributed by atoms with Crippen molar-refractivity contribution in [1.82, 2.24) is 20.0 Å². The molecule has 3 N–H and O–H groups in total. The van der Waals surface area contributed by atoms with Crippen molar-refractivity contribution in [2.24, 2.45) is 0 Å². The topological polar surface area (TPSA) is 114 Å². The summed E-state index contributed by atoms with van der Waals surface area (Å²) in [6, 6.07) is 16.2. The van der Waals surface area contributed by atoms with Gasteiger partial charge in [0.2, 0.25) is 23.6 Å². The number of amides is 4. The summed E-state index contributed by atoms with van der Waals surface area (Å²) in [5, 5.41) is 8.21. The summed E-state index contributed by atoms with van der Waals surface area (Å²) >= 11 is 0. The summed E-state index contributed by atoms with van der Waals surface area (Å²) in [6.45, 7) is 6.59. The molecule has 4 rings (SSSR count). The average molecular weight is 507 g/mol. The summed E-state index contributed by atoms with van der Waals surface area (Å²) < 4.78 is 0. The van der Waals surface area contributed by atoms with Crippen LogP contribution in [-0.4, -0.2) is 90.2 Å². The van der Waals surface area contributed by atoms with Crippen molar-refractivity contribution < 1.29 is 19.2 Å². The highest BCUT2D eigenvalue weighted by atomic mass is 16.2. The van der Waals surface area contributed by atoms with Gasteiger partial charge in [-0.15, -0.1) is 0 Å². The van der Waals surface area contributed by atoms with E-state index in [1.54, 1.807) is 24.3 Å². The molecule has 2 aliphatic heterocycles. The van der Waals surface area contributed by atoms with Gasteiger partial charge in [0.1, 0.15) is 6.04 Å². The molecule has 10 heteroatoms. The Morgan fingerprint density at radius 3 is 2.14 bits per heavy atom. The van der Waals surface area contributed by atoms with Gasteiger partial charge in [0.05, 0.1) is 13.0 Å². The monoisotopic (exact) mass is 506 g/mol. The second kappa shape index (κ2) is 12.5. The largest absolute Gasteiger partial charge is 0.353 e. The molecule has 0 radical (unpaired) electrons. The maximum Gasteiger partial charge on any atom is 0.243 e. The number of carbonyl (C=O) groups excluding carboxylic acids is 4. The molecular weight excluding hydrogens is 472 g/mol. The summed E-state index contributed by atoms with van der Waals surface area (Å²) in [7, 11) is 0. The fourth-order valence-corrected chi connectivity index (χ4v) is 4.67. The van der Waals surface area contributed by atoms with Gasteiger partial charge in [0, 0.05) is 64.1 Å². The first-order valence-corrected chi connectivity index (χ1v) is 12.6. The van der Waals surface area contributed by atoms with Crippen molar-refractivity contribution in [2.45, 2.75) is 25.9 Å². The van der Waals surface area contributed by atoms with Gasteiger partial charge in [-0.25, -0.2) is 0 Å². The fraction of sp³-hybridized carbons (Fsp3) is 0.407. The Hall–Kier alpha value is -3.76. The number of rotatable bonds is 8. The smallest absolute Gasteiger partial charge is 0.243 e. The molecule has 4 amide bonds. The minimum Gasteiger partial charge on any atom is -0.353 e. The number of benzene rings is 2. The zero-order chi connectivity index (χ0) is 26.2. The number of hydrogen-bond acceptors (Lipinski definition) is 6. The molecule has 0 aromatic heterocycles. The third kappa shape index (κ3) is 7.61. The van der Waals surface area contributed by atoms with Crippen LogP contribution in [0, 0.1) is 0 Å². The van der Waals surface area contributed by atoms with E-state index in [1.807, 2.05) is 18.2 Å². The van der Waals surface area contributed by atoms with E-state index in [-0.39, 0.29) is 36.6 Å². The number of nitrogens with one attached hydrogen (secondary N) is 3. The maximum absolute atomic E-state index is 13.2. The van der Waals surface area contributed by atoms with Gasteiger partial charge in [-0.05, 0) is 29.8 Å². The van der Waals surface area contributed by atoms with Gasteiger partial charge in [-0.1, -0.05) is 30.3 Å². The number of hydrogen-bond donors (Lipinski definition) is 3. The molecule has 2 fully saturated rings. The first-order chi connectivity index (χ1) is 17.9. The van der Waals surface area contributed by atoms with Crippen LogP contribution >= 0.6 is 0 Å². The van der Waals surface area contributed by atoms with Crippen LogP contribution in [0.25, 0.3) is 0 Å². The molecule has 0 unspecified atom stereocenters. The van der Waals surface area contributed by atoms with Crippen molar-refractivity contribution in [1.29, 1.82) is 0 Å². The number of nitrogens with zero attached hydrogens (tertiary/aromatic N) is 3. The molecule has 2 aromatic carbocycles. The summed E-state index contributed by atoms with van der Waals surface area (Å²) in [6.07, 6.45) is -0.129. The van der Waals surface area contributed by atoms with Crippen LogP contribution in [0.3, 0.4) is 0 Å². The minimum absolute atomic E-state index is 0.129. The molecule has 10 nitrogen and oxygen atoms in total. The van der Waals surface area contributed by atoms with Gasteiger partial charge in [-0.3, -0.25) is 29.0 Å². The maximum atomic E-state index is 13.2. The lowest BCUT2D eigenvalue weighted by Gasteiger charge is -2.38. The molecule has 0 saturated carbocycles. The molecule has 0 aliphatic carbocycles. The third-order valence-electron chi connectivity index (χ3n) is 6.59. The predicted octanol–water partition coefficient (Wildman–Crippen LogP) is 1.12. The summed E-state index contributed by atoms with van der Waals surface area (Å²) in [5.41, 5.74) is 2.44. The molecule has 0 bridgehead atoms. The predicted molar refractivity (Wildman–Crippen MR) is 141 cm³/mol. The van der Waals surface area contributed by atoms with Crippen LogP contribution in [0.1, 0.15) is 18.9 Å². The van der Waals surface area contributed by atoms with Crippen LogP contribution in [0.4, 0.5) is 11.4 Å². The van der Waals surface area contributed by atoms with Crippen molar-refractivity contribution in [3.63, 3.8) is 0 Å². The highest BCUT2D eigenvalue weighted by Crippen LogP contribution is 2.16. The van der Waals surface area contributed by atoms with Gasteiger partial charge in [-0.2, -0.15) is 0 Å². The van der Waals surface area contributed by atoms with Gasteiger partial charge >= 0.3 is 0 Å². The van der Waals surface area contributed by atoms with Gasteiger partial charge in [0.15, 0.2) is 0 Å². The number of anilines is 2. The zero-order valence-corrected chi connectivity index (χ0v) is 21.1. The van der Waals surface area contributed by atoms with Crippen LogP contribution in [0.15, 0.2) is 54.6 Å². The van der Waals surface area contributed by atoms with E-state index >= 15 is 0 Å². The SMILES string of the molecule is CC(=O)Nc1ccc(NC(=O)C[C@H]2C(=O)NCCN2C(=O)CN2CCN(Cc3ccccc3)CC2)cc1. The van der Waals surface area contributed by atoms with E-state index in [1.165, 1.54) is 17.4 Å². The molecule has 1 atom stereocenters. The van der Waals surface area contributed by atoms with E-state index in [4.69, 9.17) is 0 Å². The highest BCUT2D eigenvalue weighted by molar-refractivity contribution is 5.98. The first-order valence-electron chi connectivity index (χ1n) is 12.6. The van der Waals surface area contributed by atoms with E-state index in [0.717, 1.165) is 32.7 Å². The van der Waals surface area contributed by atoms with E-state index < -0.39 is 6.04 Å². The third-order valence-corrected chi connectivity index (χ3v) is 6.59. The van der Waals surface area contributed by atoms with Gasteiger partial charge < -0.3 is 20.9 Å². The van der Waals surface area contributed by atoms with E-state index in [0.29, 0.717) is 24.5 Å². The molecule has 37 heavy (non-hydrogen) atoms. The van der Waals surface area contributed by atoms with Crippen LogP contribution in [0.5, 0.6) is 0 Å². The number of piperazine rings is 2. The highest BCUT2D eigenvalue weighted by Gasteiger charge is 2.35. The second-order valence-corrected chi connectivity index (χ2v) is 9.44. The Morgan fingerprint density at radius 2 is 1.49 bits per heavy atom. The average Bonchev–Trinajstić information content (AvgIpc) is 2.88. The van der Waals surface area contributed by atoms with Crippen molar-refractivity contribution >= 4 is 35.0 Å². The molecule has 0 spiro atoms. The van der Waals surface area contributed by atoms with Crippen LogP contribution in [0.2, 0.25) is 0 Å². The molecule has 2 saturated heterocycles. The summed E-state index contributed by atoms with van der Waals surface area (Å²) in [5.74, 6) is -0.993. The zero-order valence-electron chi connectivity index (χ0n) is 21.1. The quantitative estimate of drug-likeness (QED) is 0.495. The lowest BCUT2D eigenvalue weighted by atomic mass is 10.1. The van der Waals surface area contributed by atoms with Crippen LogP contribution < -0.4 is 16.0 Å². The fourth-order valence-electron chi connectivity index (χ4n) is 4.67. The molecule has 2 heterocycles. The molecule has 196 valence electrons. The Bertz CT molecular complexity index is 1100. The molecular formula is C27H34N6O4. The van der Waals surface area contributed by atoms with Crippen molar-refractivity contribution in [3.05, 3.63) is 60.2 Å². The Kier molecular flexibility index (Phi) is 8.86. The van der Waals surface area contributed by atoms with Crippen molar-refractivity contribution in [3.8, 4) is 0 Å². The lowest BCUT2D eigenvalue weighted by Crippen LogP contribution is -2.60. The molecule has 2 aromatic rings. The first kappa shape index (κ1) is 26.3.